The molecule has 1 saturated carbocycles. The lowest BCUT2D eigenvalue weighted by Crippen LogP contribution is -2.32. The number of hydrogen-bond acceptors (Lipinski definition) is 6. The maximum atomic E-state index is 12.4. The summed E-state index contributed by atoms with van der Waals surface area (Å²) in [6, 6.07) is 7.89. The van der Waals surface area contributed by atoms with Gasteiger partial charge < -0.3 is 19.1 Å². The molecule has 10 heteroatoms. The molecule has 2 fully saturated rings. The quantitative estimate of drug-likeness (QED) is 0.626. The summed E-state index contributed by atoms with van der Waals surface area (Å²) in [6.45, 7) is 0.651. The van der Waals surface area contributed by atoms with Crippen LogP contribution >= 0.6 is 0 Å². The molecule has 2 aliphatic rings. The van der Waals surface area contributed by atoms with Crippen LogP contribution in [0.5, 0.6) is 5.75 Å². The van der Waals surface area contributed by atoms with Gasteiger partial charge in [0, 0.05) is 32.4 Å². The largest absolute Gasteiger partial charge is 0.490 e. The number of carbonyl (C=O) groups is 1. The van der Waals surface area contributed by atoms with E-state index in [0.717, 1.165) is 30.0 Å². The average Bonchev–Trinajstić information content (AvgIpc) is 3.50. The van der Waals surface area contributed by atoms with E-state index in [0.29, 0.717) is 13.2 Å². The predicted octanol–water partition coefficient (Wildman–Crippen LogP) is 2.65. The average molecular weight is 466 g/mol. The van der Waals surface area contributed by atoms with Crippen LogP contribution in [0.15, 0.2) is 36.7 Å². The summed E-state index contributed by atoms with van der Waals surface area (Å²) < 4.78 is 40.2. The number of hydrogen-bond donors (Lipinski definition) is 1. The van der Waals surface area contributed by atoms with Gasteiger partial charge in [-0.1, -0.05) is 12.1 Å². The Bertz CT molecular complexity index is 985. The molecule has 4 rings (SSSR count). The van der Waals surface area contributed by atoms with Crippen molar-refractivity contribution >= 4 is 16.5 Å². The Balaban J connectivity index is 0.000000913. The van der Waals surface area contributed by atoms with Crippen molar-refractivity contribution in [3.05, 3.63) is 36.7 Å². The van der Waals surface area contributed by atoms with Crippen LogP contribution in [0.4, 0.5) is 0 Å². The number of para-hydroxylation sites is 1. The van der Waals surface area contributed by atoms with Gasteiger partial charge in [-0.05, 0) is 37.8 Å². The summed E-state index contributed by atoms with van der Waals surface area (Å²) in [5.41, 5.74) is 0.936. The highest BCUT2D eigenvalue weighted by molar-refractivity contribution is 7.89. The normalized spacial score (nSPS) is 21.3. The van der Waals surface area contributed by atoms with Crippen LogP contribution in [0, 0.1) is 5.92 Å². The lowest BCUT2D eigenvalue weighted by Gasteiger charge is -2.23. The molecule has 0 radical (unpaired) electrons. The molecule has 0 bridgehead atoms. The zero-order valence-electron chi connectivity index (χ0n) is 18.5. The molecule has 1 aromatic carbocycles. The van der Waals surface area contributed by atoms with Gasteiger partial charge in [-0.15, -0.1) is 0 Å². The molecule has 1 saturated heterocycles. The van der Waals surface area contributed by atoms with Crippen molar-refractivity contribution in [1.82, 2.24) is 13.9 Å². The number of nitrogens with zero attached hydrogens (tertiary/aromatic N) is 3. The Morgan fingerprint density at radius 1 is 1.25 bits per heavy atom. The van der Waals surface area contributed by atoms with Gasteiger partial charge in [0.25, 0.3) is 6.47 Å². The molecule has 32 heavy (non-hydrogen) atoms. The van der Waals surface area contributed by atoms with E-state index in [1.54, 1.807) is 20.3 Å². The fraction of sp³-hybridized carbons (Fsp3) is 0.545. The van der Waals surface area contributed by atoms with Gasteiger partial charge in [-0.2, -0.15) is 0 Å². The van der Waals surface area contributed by atoms with Gasteiger partial charge in [-0.3, -0.25) is 4.79 Å². The van der Waals surface area contributed by atoms with Crippen LogP contribution in [0.3, 0.4) is 0 Å². The van der Waals surface area contributed by atoms with E-state index < -0.39 is 10.0 Å². The fourth-order valence-corrected chi connectivity index (χ4v) is 5.36. The third-order valence-electron chi connectivity index (χ3n) is 5.90. The number of benzene rings is 1. The van der Waals surface area contributed by atoms with E-state index in [2.05, 4.69) is 9.55 Å². The first-order valence-electron chi connectivity index (χ1n) is 10.7. The van der Waals surface area contributed by atoms with Gasteiger partial charge in [0.2, 0.25) is 10.0 Å². The molecular formula is C22H31N3O6S. The molecule has 0 amide bonds. The second-order valence-electron chi connectivity index (χ2n) is 8.21. The van der Waals surface area contributed by atoms with Crippen LogP contribution in [-0.2, 0) is 19.6 Å². The van der Waals surface area contributed by atoms with E-state index in [1.807, 2.05) is 30.5 Å². The number of aromatic nitrogens is 2. The Kier molecular flexibility index (Phi) is 8.27. The van der Waals surface area contributed by atoms with Crippen molar-refractivity contribution in [2.75, 3.05) is 33.1 Å². The highest BCUT2D eigenvalue weighted by Gasteiger charge is 2.35. The molecular weight excluding hydrogens is 434 g/mol. The van der Waals surface area contributed by atoms with Crippen LogP contribution in [0.1, 0.15) is 31.7 Å². The van der Waals surface area contributed by atoms with Gasteiger partial charge in [-0.25, -0.2) is 17.7 Å². The number of imidazole rings is 1. The Hall–Kier alpha value is -2.43. The summed E-state index contributed by atoms with van der Waals surface area (Å²) in [5, 5.41) is 6.89. The molecule has 2 heterocycles. The molecule has 1 aliphatic heterocycles. The molecule has 1 aliphatic carbocycles. The first kappa shape index (κ1) is 24.2. The van der Waals surface area contributed by atoms with Crippen molar-refractivity contribution in [2.24, 2.45) is 5.92 Å². The summed E-state index contributed by atoms with van der Waals surface area (Å²) >= 11 is 0. The second kappa shape index (κ2) is 10.9. The molecule has 1 N–H and O–H groups in total. The molecule has 176 valence electrons. The van der Waals surface area contributed by atoms with Crippen LogP contribution in [0.25, 0.3) is 11.4 Å². The third kappa shape index (κ3) is 5.67. The van der Waals surface area contributed by atoms with E-state index in [1.165, 1.54) is 17.1 Å². The maximum absolute atomic E-state index is 12.4. The number of ether oxygens (including phenoxy) is 2. The maximum Gasteiger partial charge on any atom is 0.290 e. The van der Waals surface area contributed by atoms with Gasteiger partial charge in [0.05, 0.1) is 36.7 Å². The molecule has 1 aromatic heterocycles. The van der Waals surface area contributed by atoms with Gasteiger partial charge in [0.15, 0.2) is 0 Å². The van der Waals surface area contributed by atoms with E-state index in [4.69, 9.17) is 19.4 Å². The lowest BCUT2D eigenvalue weighted by molar-refractivity contribution is -0.122. The van der Waals surface area contributed by atoms with Crippen molar-refractivity contribution in [1.29, 1.82) is 0 Å². The SMILES string of the molecule is CN(C)S(=O)(=O)C[C@H]1COC[C@H]1n1ccnc1-c1ccccc1OC1CCCC1.O=CO. The lowest BCUT2D eigenvalue weighted by atomic mass is 10.1. The van der Waals surface area contributed by atoms with E-state index >= 15 is 0 Å². The Morgan fingerprint density at radius 3 is 2.62 bits per heavy atom. The zero-order valence-corrected chi connectivity index (χ0v) is 19.3. The van der Waals surface area contributed by atoms with Crippen LogP contribution in [0.2, 0.25) is 0 Å². The van der Waals surface area contributed by atoms with Crippen LogP contribution < -0.4 is 4.74 Å². The number of carboxylic acid groups (broad SMARTS) is 1. The highest BCUT2D eigenvalue weighted by atomic mass is 32.2. The standard InChI is InChI=1S/C21H29N3O4S.CH2O2/c1-23(2)29(25,26)15-16-13-27-14-19(16)24-12-11-22-21(24)18-9-5-6-10-20(18)28-17-7-3-4-8-17;2-1-3/h5-6,9-12,16-17,19H,3-4,7-8,13-15H2,1-2H3;1H,(H,2,3)/t16-,19-;/m1./s1. The van der Waals surface area contributed by atoms with Gasteiger partial charge >= 0.3 is 0 Å². The third-order valence-corrected chi connectivity index (χ3v) is 7.86. The Labute approximate surface area is 189 Å². The minimum Gasteiger partial charge on any atom is -0.490 e. The first-order valence-corrected chi connectivity index (χ1v) is 12.3. The van der Waals surface area contributed by atoms with E-state index in [9.17, 15) is 8.42 Å². The molecule has 0 spiro atoms. The summed E-state index contributed by atoms with van der Waals surface area (Å²) in [5.74, 6) is 1.56. The molecule has 9 nitrogen and oxygen atoms in total. The minimum atomic E-state index is -3.31. The monoisotopic (exact) mass is 465 g/mol. The van der Waals surface area contributed by atoms with E-state index in [-0.39, 0.29) is 30.3 Å². The molecule has 0 unspecified atom stereocenters. The second-order valence-corrected chi connectivity index (χ2v) is 10.4. The summed E-state index contributed by atoms with van der Waals surface area (Å²) in [6.07, 6.45) is 8.53. The number of rotatable bonds is 7. The van der Waals surface area contributed by atoms with Crippen LogP contribution in [-0.4, -0.2) is 73.0 Å². The smallest absolute Gasteiger partial charge is 0.290 e. The predicted molar refractivity (Wildman–Crippen MR) is 120 cm³/mol. The molecule has 2 aromatic rings. The topological polar surface area (TPSA) is 111 Å². The van der Waals surface area contributed by atoms with Crippen molar-refractivity contribution in [2.45, 2.75) is 37.8 Å². The summed E-state index contributed by atoms with van der Waals surface area (Å²) in [4.78, 5) is 13.0. The fourth-order valence-electron chi connectivity index (χ4n) is 4.20. The van der Waals surface area contributed by atoms with Crippen molar-refractivity contribution in [3.63, 3.8) is 0 Å². The highest BCUT2D eigenvalue weighted by Crippen LogP contribution is 2.36. The van der Waals surface area contributed by atoms with Crippen molar-refractivity contribution < 1.29 is 27.8 Å². The molecule has 2 atom stereocenters. The zero-order chi connectivity index (χ0) is 23.1. The number of sulfonamides is 1. The first-order chi connectivity index (χ1) is 15.4. The minimum absolute atomic E-state index is 0.0580. The van der Waals surface area contributed by atoms with Gasteiger partial charge in [0.1, 0.15) is 11.6 Å². The Morgan fingerprint density at radius 2 is 1.94 bits per heavy atom. The summed E-state index contributed by atoms with van der Waals surface area (Å²) in [7, 11) is -0.174. The van der Waals surface area contributed by atoms with Crippen molar-refractivity contribution in [3.8, 4) is 17.1 Å².